The molecule has 3 nitrogen and oxygen atoms in total. The van der Waals surface area contributed by atoms with Crippen LogP contribution in [0.4, 0.5) is 5.69 Å². The fourth-order valence-corrected chi connectivity index (χ4v) is 1.25. The molecular weight excluding hydrogens is 273 g/mol. The molecule has 7 heteroatoms. The predicted octanol–water partition coefficient (Wildman–Crippen LogP) is 2.01. The maximum atomic E-state index is 7.79. The molecule has 0 amide bonds. The summed E-state index contributed by atoms with van der Waals surface area (Å²) in [6.07, 6.45) is 1.22. The third-order valence-corrected chi connectivity index (χ3v) is 2.90. The quantitative estimate of drug-likeness (QED) is 0.743. The Balaban J connectivity index is 0.000000385. The molecule has 0 spiro atoms. The van der Waals surface area contributed by atoms with Gasteiger partial charge in [-0.25, -0.2) is 0 Å². The molecule has 0 aromatic heterocycles. The second-order valence-corrected chi connectivity index (χ2v) is 8.98. The number of hydrogen-bond acceptors (Lipinski definition) is 3. The Morgan fingerprint density at radius 1 is 1.31 bits per heavy atom. The van der Waals surface area contributed by atoms with Gasteiger partial charge >= 0.3 is 85.9 Å². The van der Waals surface area contributed by atoms with Gasteiger partial charge in [-0.2, -0.15) is 0 Å². The standard InChI is InChI=1S/C9H12N.Na.H2O2S3/c1-2-8-10-9-6-4-3-5-7-9;;1-5(2,3)4/h3-8,10H,2H2,1H3;;(H2,1,2,3,4). The van der Waals surface area contributed by atoms with Crippen molar-refractivity contribution in [3.05, 3.63) is 30.3 Å². The fourth-order valence-electron chi connectivity index (χ4n) is 0.921. The number of anilines is 1. The van der Waals surface area contributed by atoms with Crippen LogP contribution in [0.5, 0.6) is 0 Å². The van der Waals surface area contributed by atoms with Gasteiger partial charge in [0.25, 0.3) is 0 Å². The zero-order valence-corrected chi connectivity index (χ0v) is 13.7. The van der Waals surface area contributed by atoms with Crippen molar-refractivity contribution in [1.29, 1.82) is 0 Å². The van der Waals surface area contributed by atoms with E-state index >= 15 is 0 Å². The Morgan fingerprint density at radius 3 is 2.12 bits per heavy atom. The van der Waals surface area contributed by atoms with Crippen LogP contribution >= 0.6 is 0 Å². The number of rotatable bonds is 3. The third-order valence-electron chi connectivity index (χ3n) is 1.80. The number of benzene rings is 1. The molecule has 0 aliphatic rings. The van der Waals surface area contributed by atoms with Crippen LogP contribution < -0.4 is 5.32 Å². The molecule has 0 aliphatic heterocycles. The second-order valence-electron chi connectivity index (χ2n) is 3.27. The molecule has 0 radical (unpaired) electrons. The van der Waals surface area contributed by atoms with Gasteiger partial charge in [-0.15, -0.1) is 0 Å². The van der Waals surface area contributed by atoms with Gasteiger partial charge in [0.1, 0.15) is 7.71 Å². The van der Waals surface area contributed by atoms with Crippen LogP contribution in [0, 0.1) is 0 Å². The van der Waals surface area contributed by atoms with Gasteiger partial charge in [0, 0.05) is 22.4 Å². The monoisotopic (exact) mass is 287 g/mol. The molecular formula is C9H14NNaO2S3. The maximum absolute atomic E-state index is 7.79. The van der Waals surface area contributed by atoms with Crippen molar-refractivity contribution in [3.63, 3.8) is 0 Å². The summed E-state index contributed by atoms with van der Waals surface area (Å²) in [5, 5.41) is 3.45. The Hall–Kier alpha value is 0.730. The molecule has 86 valence electrons. The van der Waals surface area contributed by atoms with Crippen molar-refractivity contribution in [2.75, 3.05) is 5.32 Å². The first-order chi connectivity index (χ1) is 7.33. The summed E-state index contributed by atoms with van der Waals surface area (Å²) in [4.78, 5) is 0. The van der Waals surface area contributed by atoms with Crippen molar-refractivity contribution < 1.29 is 9.11 Å². The Morgan fingerprint density at radius 2 is 1.75 bits per heavy atom. The topological polar surface area (TPSA) is 52.5 Å². The van der Waals surface area contributed by atoms with Crippen molar-refractivity contribution >= 4 is 63.7 Å². The minimum absolute atomic E-state index is 0.706. The molecule has 1 aromatic rings. The molecule has 0 bridgehead atoms. The molecule has 1 atom stereocenters. The minimum Gasteiger partial charge on any atom is -0.306 e. The zero-order valence-electron chi connectivity index (χ0n) is 9.29. The molecule has 0 saturated carbocycles. The van der Waals surface area contributed by atoms with Crippen LogP contribution in [0.2, 0.25) is 0 Å². The third kappa shape index (κ3) is 12.8. The average molecular weight is 287 g/mol. The zero-order chi connectivity index (χ0) is 12.6. The van der Waals surface area contributed by atoms with E-state index in [1.54, 1.807) is 0 Å². The van der Waals surface area contributed by atoms with Gasteiger partial charge in [0.15, 0.2) is 0 Å². The molecule has 0 saturated heterocycles. The van der Waals surface area contributed by atoms with Gasteiger partial charge < -0.3 is 9.11 Å². The van der Waals surface area contributed by atoms with E-state index < -0.39 is 7.71 Å². The van der Waals surface area contributed by atoms with Crippen LogP contribution in [-0.2, 0) is 30.1 Å². The second kappa shape index (κ2) is 8.77. The Labute approximate surface area is 124 Å². The molecule has 0 heterocycles. The molecule has 0 fully saturated rings. The average Bonchev–Trinajstić information content (AvgIpc) is 2.16. The largest absolute Gasteiger partial charge is 0.306 e. The maximum Gasteiger partial charge on any atom is 0.132 e. The van der Waals surface area contributed by atoms with E-state index in [2.05, 4.69) is 58.9 Å². The van der Waals surface area contributed by atoms with Gasteiger partial charge in [0.2, 0.25) is 0 Å². The van der Waals surface area contributed by atoms with Crippen molar-refractivity contribution in [2.45, 2.75) is 16.6 Å². The summed E-state index contributed by atoms with van der Waals surface area (Å²) < 4.78 is 16.3. The molecule has 3 N–H and O–H groups in total. The van der Waals surface area contributed by atoms with Crippen LogP contribution in [0.15, 0.2) is 30.3 Å². The fraction of sp³-hybridized carbons (Fsp3) is 0.333. The predicted molar refractivity (Wildman–Crippen MR) is 77.3 cm³/mol. The van der Waals surface area contributed by atoms with Crippen molar-refractivity contribution in [3.8, 4) is 0 Å². The van der Waals surface area contributed by atoms with E-state index in [1.807, 2.05) is 6.07 Å². The van der Waals surface area contributed by atoms with E-state index in [4.69, 9.17) is 9.11 Å². The summed E-state index contributed by atoms with van der Waals surface area (Å²) in [7, 11) is -3.00. The van der Waals surface area contributed by atoms with Crippen LogP contribution in [0.25, 0.3) is 0 Å². The number of hydrogen-bond donors (Lipinski definition) is 3. The van der Waals surface area contributed by atoms with Crippen molar-refractivity contribution in [1.82, 2.24) is 0 Å². The summed E-state index contributed by atoms with van der Waals surface area (Å²) in [6, 6.07) is 10.4. The van der Waals surface area contributed by atoms with E-state index in [0.717, 1.165) is 0 Å². The van der Waals surface area contributed by atoms with Crippen LogP contribution in [-0.4, -0.2) is 40.3 Å². The van der Waals surface area contributed by atoms with Gasteiger partial charge in [0.05, 0.1) is 0 Å². The van der Waals surface area contributed by atoms with Gasteiger partial charge in [-0.05, 0) is 0 Å². The normalized spacial score (nSPS) is 12.3. The van der Waals surface area contributed by atoms with Crippen LogP contribution in [0.1, 0.15) is 13.3 Å². The first kappa shape index (κ1) is 16.7. The van der Waals surface area contributed by atoms with Crippen molar-refractivity contribution in [2.24, 2.45) is 0 Å². The summed E-state index contributed by atoms with van der Waals surface area (Å²) in [5.41, 5.74) is 1.24. The van der Waals surface area contributed by atoms with E-state index in [-0.39, 0.29) is 0 Å². The van der Waals surface area contributed by atoms with Gasteiger partial charge in [-0.3, -0.25) is 0 Å². The molecule has 1 rings (SSSR count). The SMILES string of the molecule is CC[CH]([Na])Nc1ccccc1.OS(O)(=S)=S. The van der Waals surface area contributed by atoms with E-state index in [1.165, 1.54) is 40.0 Å². The molecule has 1 unspecified atom stereocenters. The van der Waals surface area contributed by atoms with E-state index in [0.29, 0.717) is 3.29 Å². The summed E-state index contributed by atoms with van der Waals surface area (Å²) >= 11 is 8.88. The Bertz CT molecular complexity index is 375. The number of para-hydroxylation sites is 1. The Kier molecular flexibility index (Phi) is 9.17. The van der Waals surface area contributed by atoms with E-state index in [9.17, 15) is 0 Å². The van der Waals surface area contributed by atoms with Gasteiger partial charge in [-0.1, -0.05) is 0 Å². The van der Waals surface area contributed by atoms with Crippen LogP contribution in [0.3, 0.4) is 0 Å². The molecule has 1 aromatic carbocycles. The molecule has 0 aliphatic carbocycles. The summed E-state index contributed by atoms with van der Waals surface area (Å²) in [6.45, 7) is 2.22. The summed E-state index contributed by atoms with van der Waals surface area (Å²) in [5.74, 6) is 0. The minimum atomic E-state index is -3.00. The smallest absolute Gasteiger partial charge is 0.132 e. The molecule has 16 heavy (non-hydrogen) atoms. The first-order valence-corrected chi connectivity index (χ1v) is 9.39. The number of nitrogens with one attached hydrogen (secondary N) is 1. The first-order valence-electron chi connectivity index (χ1n) is 4.84.